The molecule has 1 heterocycles. The van der Waals surface area contributed by atoms with E-state index in [1.807, 2.05) is 6.92 Å². The summed E-state index contributed by atoms with van der Waals surface area (Å²) in [6.45, 7) is 5.29. The number of nitrogens with one attached hydrogen (secondary N) is 1. The number of alkyl halides is 3. The molecule has 2 nitrogen and oxygen atoms in total. The van der Waals surface area contributed by atoms with Gasteiger partial charge >= 0.3 is 6.18 Å². The molecule has 1 aliphatic rings. The summed E-state index contributed by atoms with van der Waals surface area (Å²) in [4.78, 5) is 2.16. The Morgan fingerprint density at radius 1 is 1.21 bits per heavy atom. The first-order valence-electron chi connectivity index (χ1n) is 6.20. The maximum atomic E-state index is 12.8. The van der Waals surface area contributed by atoms with Gasteiger partial charge in [-0.25, -0.2) is 0 Å². The van der Waals surface area contributed by atoms with Gasteiger partial charge in [0.05, 0.1) is 5.56 Å². The lowest BCUT2D eigenvalue weighted by molar-refractivity contribution is -0.137. The second-order valence-electron chi connectivity index (χ2n) is 4.73. The van der Waals surface area contributed by atoms with Gasteiger partial charge in [0.25, 0.3) is 0 Å². The topological polar surface area (TPSA) is 15.3 Å². The molecule has 1 aromatic carbocycles. The first-order valence-corrected chi connectivity index (χ1v) is 6.58. The van der Waals surface area contributed by atoms with E-state index in [4.69, 9.17) is 11.6 Å². The summed E-state index contributed by atoms with van der Waals surface area (Å²) in [5.41, 5.74) is -0.0706. The highest BCUT2D eigenvalue weighted by atomic mass is 35.5. The molecular weight excluding hydrogens is 277 g/mol. The third-order valence-electron chi connectivity index (χ3n) is 3.43. The summed E-state index contributed by atoms with van der Waals surface area (Å²) in [6.07, 6.45) is -4.36. The Balaban J connectivity index is 2.26. The third kappa shape index (κ3) is 3.61. The van der Waals surface area contributed by atoms with Crippen molar-refractivity contribution in [2.24, 2.45) is 0 Å². The largest absolute Gasteiger partial charge is 0.416 e. The van der Waals surface area contributed by atoms with Crippen molar-refractivity contribution in [2.45, 2.75) is 19.1 Å². The van der Waals surface area contributed by atoms with E-state index in [1.54, 1.807) is 6.07 Å². The zero-order valence-corrected chi connectivity index (χ0v) is 11.4. The maximum Gasteiger partial charge on any atom is 0.416 e. The van der Waals surface area contributed by atoms with Crippen molar-refractivity contribution in [1.29, 1.82) is 0 Å². The van der Waals surface area contributed by atoms with Gasteiger partial charge in [-0.1, -0.05) is 11.6 Å². The summed E-state index contributed by atoms with van der Waals surface area (Å²) in [7, 11) is 0. The predicted octanol–water partition coefficient (Wildman–Crippen LogP) is 3.33. The molecule has 106 valence electrons. The van der Waals surface area contributed by atoms with Gasteiger partial charge in [0.2, 0.25) is 0 Å². The minimum Gasteiger partial charge on any atom is -0.314 e. The molecule has 1 N–H and O–H groups in total. The zero-order chi connectivity index (χ0) is 14.0. The normalized spacial score (nSPS) is 19.4. The van der Waals surface area contributed by atoms with Crippen LogP contribution in [0.5, 0.6) is 0 Å². The molecular formula is C13H16ClF3N2. The SMILES string of the molecule is CC(c1cc(Cl)cc(C(F)(F)F)c1)N1CCNCC1. The smallest absolute Gasteiger partial charge is 0.314 e. The molecule has 1 aromatic rings. The average Bonchev–Trinajstić information content (AvgIpc) is 2.37. The van der Waals surface area contributed by atoms with Crippen LogP contribution in [0.25, 0.3) is 0 Å². The van der Waals surface area contributed by atoms with Gasteiger partial charge in [-0.3, -0.25) is 4.90 Å². The highest BCUT2D eigenvalue weighted by Gasteiger charge is 2.32. The minimum absolute atomic E-state index is 0.0677. The van der Waals surface area contributed by atoms with Crippen LogP contribution in [0, 0.1) is 0 Å². The van der Waals surface area contributed by atoms with Crippen molar-refractivity contribution in [1.82, 2.24) is 10.2 Å². The van der Waals surface area contributed by atoms with Crippen LogP contribution >= 0.6 is 11.6 Å². The van der Waals surface area contributed by atoms with Crippen LogP contribution in [-0.4, -0.2) is 31.1 Å². The standard InChI is InChI=1S/C13H16ClF3N2/c1-9(19-4-2-18-3-5-19)10-6-11(13(15,16)17)8-12(14)7-10/h6-9,18H,2-5H2,1H3. The van der Waals surface area contributed by atoms with Gasteiger partial charge in [-0.2, -0.15) is 13.2 Å². The molecule has 1 unspecified atom stereocenters. The van der Waals surface area contributed by atoms with Crippen LogP contribution in [0.4, 0.5) is 13.2 Å². The quantitative estimate of drug-likeness (QED) is 0.899. The fraction of sp³-hybridized carbons (Fsp3) is 0.538. The second-order valence-corrected chi connectivity index (χ2v) is 5.17. The van der Waals surface area contributed by atoms with Gasteiger partial charge in [0, 0.05) is 37.2 Å². The van der Waals surface area contributed by atoms with Crippen LogP contribution in [0.1, 0.15) is 24.1 Å². The van der Waals surface area contributed by atoms with E-state index in [-0.39, 0.29) is 11.1 Å². The van der Waals surface area contributed by atoms with Crippen molar-refractivity contribution in [3.63, 3.8) is 0 Å². The lowest BCUT2D eigenvalue weighted by Gasteiger charge is -2.33. The molecule has 0 aliphatic carbocycles. The number of rotatable bonds is 2. The number of piperazine rings is 1. The van der Waals surface area contributed by atoms with Crippen LogP contribution in [-0.2, 0) is 6.18 Å². The van der Waals surface area contributed by atoms with E-state index < -0.39 is 11.7 Å². The molecule has 2 rings (SSSR count). The van der Waals surface area contributed by atoms with Crippen molar-refractivity contribution in [3.8, 4) is 0 Å². The van der Waals surface area contributed by atoms with E-state index in [1.165, 1.54) is 6.07 Å². The molecule has 0 amide bonds. The first kappa shape index (κ1) is 14.6. The van der Waals surface area contributed by atoms with Gasteiger partial charge in [-0.05, 0) is 30.7 Å². The van der Waals surface area contributed by atoms with Gasteiger partial charge in [0.15, 0.2) is 0 Å². The van der Waals surface area contributed by atoms with Crippen LogP contribution in [0.15, 0.2) is 18.2 Å². The third-order valence-corrected chi connectivity index (χ3v) is 3.65. The molecule has 1 aliphatic heterocycles. The maximum absolute atomic E-state index is 12.8. The molecule has 0 saturated carbocycles. The summed E-state index contributed by atoms with van der Waals surface area (Å²) in [6, 6.07) is 3.71. The Morgan fingerprint density at radius 3 is 2.42 bits per heavy atom. The van der Waals surface area contributed by atoms with E-state index >= 15 is 0 Å². The Labute approximate surface area is 115 Å². The number of nitrogens with zero attached hydrogens (tertiary/aromatic N) is 1. The van der Waals surface area contributed by atoms with Crippen molar-refractivity contribution in [2.75, 3.05) is 26.2 Å². The predicted molar refractivity (Wildman–Crippen MR) is 69.3 cm³/mol. The summed E-state index contributed by atoms with van der Waals surface area (Å²) < 4.78 is 38.3. The van der Waals surface area contributed by atoms with E-state index in [0.29, 0.717) is 5.56 Å². The van der Waals surface area contributed by atoms with Crippen LogP contribution in [0.2, 0.25) is 5.02 Å². The summed E-state index contributed by atoms with van der Waals surface area (Å²) in [5, 5.41) is 3.35. The van der Waals surface area contributed by atoms with Crippen molar-refractivity contribution < 1.29 is 13.2 Å². The van der Waals surface area contributed by atoms with E-state index in [9.17, 15) is 13.2 Å². The van der Waals surface area contributed by atoms with Crippen LogP contribution < -0.4 is 5.32 Å². The molecule has 19 heavy (non-hydrogen) atoms. The van der Waals surface area contributed by atoms with Gasteiger partial charge in [0.1, 0.15) is 0 Å². The first-order chi connectivity index (χ1) is 8.88. The van der Waals surface area contributed by atoms with Crippen molar-refractivity contribution in [3.05, 3.63) is 34.3 Å². The molecule has 0 spiro atoms. The minimum atomic E-state index is -4.36. The molecule has 1 fully saturated rings. The highest BCUT2D eigenvalue weighted by Crippen LogP contribution is 2.34. The van der Waals surface area contributed by atoms with Crippen LogP contribution in [0.3, 0.4) is 0 Å². The molecule has 0 radical (unpaired) electrons. The Morgan fingerprint density at radius 2 is 1.84 bits per heavy atom. The van der Waals surface area contributed by atoms with Gasteiger partial charge in [-0.15, -0.1) is 0 Å². The number of hydrogen-bond donors (Lipinski definition) is 1. The zero-order valence-electron chi connectivity index (χ0n) is 10.6. The fourth-order valence-electron chi connectivity index (χ4n) is 2.30. The number of halogens is 4. The highest BCUT2D eigenvalue weighted by molar-refractivity contribution is 6.30. The number of benzene rings is 1. The van der Waals surface area contributed by atoms with Gasteiger partial charge < -0.3 is 5.32 Å². The average molecular weight is 293 g/mol. The molecule has 6 heteroatoms. The molecule has 1 atom stereocenters. The second kappa shape index (κ2) is 5.69. The Kier molecular flexibility index (Phi) is 4.38. The molecule has 0 aromatic heterocycles. The molecule has 1 saturated heterocycles. The summed E-state index contributed by atoms with van der Waals surface area (Å²) in [5.74, 6) is 0. The van der Waals surface area contributed by atoms with Crippen molar-refractivity contribution >= 4 is 11.6 Å². The van der Waals surface area contributed by atoms with E-state index in [2.05, 4.69) is 10.2 Å². The lowest BCUT2D eigenvalue weighted by atomic mass is 10.0. The number of hydrogen-bond acceptors (Lipinski definition) is 2. The monoisotopic (exact) mass is 292 g/mol. The fourth-order valence-corrected chi connectivity index (χ4v) is 2.54. The van der Waals surface area contributed by atoms with E-state index in [0.717, 1.165) is 32.2 Å². The molecule has 0 bridgehead atoms. The Hall–Kier alpha value is -0.780. The summed E-state index contributed by atoms with van der Waals surface area (Å²) >= 11 is 5.81. The Bertz CT molecular complexity index is 442. The lowest BCUT2D eigenvalue weighted by Crippen LogP contribution is -2.44.